The van der Waals surface area contributed by atoms with Crippen molar-refractivity contribution >= 4 is 33.3 Å². The molecule has 0 saturated carbocycles. The molecule has 0 atom stereocenters. The van der Waals surface area contributed by atoms with Gasteiger partial charge in [-0.25, -0.2) is 4.79 Å². The van der Waals surface area contributed by atoms with Gasteiger partial charge in [-0.2, -0.15) is 10.4 Å². The number of aryl methyl sites for hydroxylation is 2. The summed E-state index contributed by atoms with van der Waals surface area (Å²) in [6.45, 7) is 2.01. The highest BCUT2D eigenvalue weighted by atomic mass is 79.9. The molecule has 3 rings (SSSR count). The molecule has 3 aromatic rings. The predicted octanol–water partition coefficient (Wildman–Crippen LogP) is 4.67. The van der Waals surface area contributed by atoms with Crippen LogP contribution in [0.2, 0.25) is 0 Å². The van der Waals surface area contributed by atoms with Crippen molar-refractivity contribution in [2.24, 2.45) is 7.05 Å². The van der Waals surface area contributed by atoms with Crippen LogP contribution in [0.4, 0.5) is 16.2 Å². The second kappa shape index (κ2) is 7.42. The first kappa shape index (κ1) is 17.7. The fourth-order valence-corrected chi connectivity index (χ4v) is 3.19. The molecule has 2 aromatic carbocycles. The number of anilines is 2. The fraction of sp³-hybridized carbons (Fsp3) is 0.105. The molecule has 6 nitrogen and oxygen atoms in total. The molecule has 0 aliphatic rings. The molecule has 0 unspecified atom stereocenters. The van der Waals surface area contributed by atoms with E-state index in [1.54, 1.807) is 35.1 Å². The van der Waals surface area contributed by atoms with Gasteiger partial charge in [0.2, 0.25) is 0 Å². The average Bonchev–Trinajstić information content (AvgIpc) is 2.95. The second-order valence-electron chi connectivity index (χ2n) is 5.77. The number of hydrogen-bond acceptors (Lipinski definition) is 3. The highest BCUT2D eigenvalue weighted by Gasteiger charge is 2.13. The van der Waals surface area contributed by atoms with Gasteiger partial charge >= 0.3 is 6.03 Å². The minimum Gasteiger partial charge on any atom is -0.308 e. The van der Waals surface area contributed by atoms with E-state index >= 15 is 0 Å². The van der Waals surface area contributed by atoms with E-state index in [2.05, 4.69) is 31.7 Å². The molecule has 1 heterocycles. The first-order valence-corrected chi connectivity index (χ1v) is 8.64. The maximum Gasteiger partial charge on any atom is 0.323 e. The Balaban J connectivity index is 1.81. The van der Waals surface area contributed by atoms with Crippen LogP contribution in [-0.4, -0.2) is 15.8 Å². The normalized spacial score (nSPS) is 10.2. The first-order chi connectivity index (χ1) is 12.5. The van der Waals surface area contributed by atoms with Crippen LogP contribution in [0.25, 0.3) is 11.3 Å². The number of hydrogen-bond donors (Lipinski definition) is 2. The Bertz CT molecular complexity index is 1000. The van der Waals surface area contributed by atoms with E-state index in [0.29, 0.717) is 16.9 Å². The maximum absolute atomic E-state index is 12.3. The van der Waals surface area contributed by atoms with E-state index in [1.807, 2.05) is 38.2 Å². The number of nitriles is 1. The molecule has 2 N–H and O–H groups in total. The van der Waals surface area contributed by atoms with Gasteiger partial charge in [0.1, 0.15) is 0 Å². The molecule has 0 aliphatic carbocycles. The lowest BCUT2D eigenvalue weighted by Gasteiger charge is -2.12. The molecule has 130 valence electrons. The molecular formula is C19H16BrN5O. The number of halogens is 1. The summed E-state index contributed by atoms with van der Waals surface area (Å²) in [7, 11) is 1.87. The van der Waals surface area contributed by atoms with Gasteiger partial charge in [-0.1, -0.05) is 12.1 Å². The number of aromatic nitrogens is 2. The minimum absolute atomic E-state index is 0.376. The van der Waals surface area contributed by atoms with Gasteiger partial charge in [0, 0.05) is 24.0 Å². The number of carbonyl (C=O) groups excluding carboxylic acids is 1. The van der Waals surface area contributed by atoms with Crippen molar-refractivity contribution < 1.29 is 4.79 Å². The van der Waals surface area contributed by atoms with Crippen molar-refractivity contribution in [2.45, 2.75) is 6.92 Å². The lowest BCUT2D eigenvalue weighted by molar-refractivity contribution is 0.262. The van der Waals surface area contributed by atoms with Crippen LogP contribution >= 0.6 is 15.9 Å². The van der Waals surface area contributed by atoms with Gasteiger partial charge in [-0.3, -0.25) is 4.68 Å². The SMILES string of the molecule is Cc1ccc(NC(=O)Nc2cccc(C#N)c2)cc1-c1c(Br)cnn1C. The number of amides is 2. The number of urea groups is 1. The van der Waals surface area contributed by atoms with Crippen LogP contribution < -0.4 is 10.6 Å². The van der Waals surface area contributed by atoms with Crippen molar-refractivity contribution in [3.63, 3.8) is 0 Å². The standard InChI is InChI=1S/C19H16BrN5O/c1-12-6-7-15(9-16(12)18-17(20)11-22-25(18)2)24-19(26)23-14-5-3-4-13(8-14)10-21/h3-9,11H,1-2H3,(H2,23,24,26). The van der Waals surface area contributed by atoms with Crippen LogP contribution in [0.3, 0.4) is 0 Å². The van der Waals surface area contributed by atoms with E-state index in [-0.39, 0.29) is 6.03 Å². The number of nitrogens with zero attached hydrogens (tertiary/aromatic N) is 3. The summed E-state index contributed by atoms with van der Waals surface area (Å²) in [5.41, 5.74) is 4.69. The van der Waals surface area contributed by atoms with Crippen LogP contribution in [0.15, 0.2) is 53.1 Å². The number of benzene rings is 2. The zero-order chi connectivity index (χ0) is 18.7. The Morgan fingerprint density at radius 2 is 1.92 bits per heavy atom. The van der Waals surface area contributed by atoms with Crippen molar-refractivity contribution in [2.75, 3.05) is 10.6 Å². The Hall–Kier alpha value is -3.11. The average molecular weight is 410 g/mol. The molecule has 0 spiro atoms. The summed E-state index contributed by atoms with van der Waals surface area (Å²) >= 11 is 3.51. The number of rotatable bonds is 3. The minimum atomic E-state index is -0.376. The van der Waals surface area contributed by atoms with Gasteiger partial charge in [0.05, 0.1) is 28.0 Å². The molecule has 26 heavy (non-hydrogen) atoms. The molecule has 2 amide bonds. The first-order valence-electron chi connectivity index (χ1n) is 7.84. The lowest BCUT2D eigenvalue weighted by atomic mass is 10.0. The molecule has 7 heteroatoms. The quantitative estimate of drug-likeness (QED) is 0.658. The van der Waals surface area contributed by atoms with E-state index in [0.717, 1.165) is 21.3 Å². The molecular weight excluding hydrogens is 394 g/mol. The highest BCUT2D eigenvalue weighted by molar-refractivity contribution is 9.10. The highest BCUT2D eigenvalue weighted by Crippen LogP contribution is 2.32. The lowest BCUT2D eigenvalue weighted by Crippen LogP contribution is -2.19. The van der Waals surface area contributed by atoms with Gasteiger partial charge < -0.3 is 10.6 Å². The van der Waals surface area contributed by atoms with Crippen LogP contribution in [0.1, 0.15) is 11.1 Å². The summed E-state index contributed by atoms with van der Waals surface area (Å²) in [5.74, 6) is 0. The summed E-state index contributed by atoms with van der Waals surface area (Å²) in [6.07, 6.45) is 1.74. The van der Waals surface area contributed by atoms with Crippen LogP contribution in [-0.2, 0) is 7.05 Å². The van der Waals surface area contributed by atoms with E-state index in [1.165, 1.54) is 0 Å². The Morgan fingerprint density at radius 3 is 2.58 bits per heavy atom. The van der Waals surface area contributed by atoms with E-state index < -0.39 is 0 Å². The Kier molecular flexibility index (Phi) is 5.05. The molecule has 0 bridgehead atoms. The summed E-state index contributed by atoms with van der Waals surface area (Å²) < 4.78 is 2.67. The molecule has 0 aliphatic heterocycles. The van der Waals surface area contributed by atoms with Gasteiger partial charge in [-0.15, -0.1) is 0 Å². The van der Waals surface area contributed by atoms with Crippen molar-refractivity contribution in [3.8, 4) is 17.3 Å². The molecule has 0 fully saturated rings. The topological polar surface area (TPSA) is 82.7 Å². The van der Waals surface area contributed by atoms with Crippen LogP contribution in [0, 0.1) is 18.3 Å². The fourth-order valence-electron chi connectivity index (χ4n) is 2.63. The van der Waals surface area contributed by atoms with Gasteiger partial charge in [0.15, 0.2) is 0 Å². The van der Waals surface area contributed by atoms with Crippen molar-refractivity contribution in [1.82, 2.24) is 9.78 Å². The third kappa shape index (κ3) is 3.76. The summed E-state index contributed by atoms with van der Waals surface area (Å²) in [6, 6.07) is 14.1. The number of carbonyl (C=O) groups is 1. The molecule has 1 aromatic heterocycles. The Labute approximate surface area is 159 Å². The predicted molar refractivity (Wildman–Crippen MR) is 105 cm³/mol. The Morgan fingerprint density at radius 1 is 1.19 bits per heavy atom. The van der Waals surface area contributed by atoms with Gasteiger partial charge in [0.25, 0.3) is 0 Å². The number of nitrogens with one attached hydrogen (secondary N) is 2. The largest absolute Gasteiger partial charge is 0.323 e. The van der Waals surface area contributed by atoms with Crippen LogP contribution in [0.5, 0.6) is 0 Å². The third-order valence-electron chi connectivity index (χ3n) is 3.89. The maximum atomic E-state index is 12.3. The van der Waals surface area contributed by atoms with Crippen molar-refractivity contribution in [1.29, 1.82) is 5.26 Å². The van der Waals surface area contributed by atoms with E-state index in [9.17, 15) is 4.79 Å². The van der Waals surface area contributed by atoms with E-state index in [4.69, 9.17) is 5.26 Å². The monoisotopic (exact) mass is 409 g/mol. The zero-order valence-electron chi connectivity index (χ0n) is 14.2. The third-order valence-corrected chi connectivity index (χ3v) is 4.47. The molecule has 0 saturated heterocycles. The van der Waals surface area contributed by atoms with Crippen molar-refractivity contribution in [3.05, 3.63) is 64.3 Å². The van der Waals surface area contributed by atoms with Gasteiger partial charge in [-0.05, 0) is 58.7 Å². The zero-order valence-corrected chi connectivity index (χ0v) is 15.8. The summed E-state index contributed by atoms with van der Waals surface area (Å²) in [5, 5.41) is 18.7. The molecule has 0 radical (unpaired) electrons. The second-order valence-corrected chi connectivity index (χ2v) is 6.62. The smallest absolute Gasteiger partial charge is 0.308 e. The summed E-state index contributed by atoms with van der Waals surface area (Å²) in [4.78, 5) is 12.3.